The highest BCUT2D eigenvalue weighted by Gasteiger charge is 2.45. The summed E-state index contributed by atoms with van der Waals surface area (Å²) in [5.41, 5.74) is 7.77. The second-order valence-electron chi connectivity index (χ2n) is 34.2. The van der Waals surface area contributed by atoms with Crippen LogP contribution in [0.1, 0.15) is 287 Å². The van der Waals surface area contributed by atoms with Gasteiger partial charge >= 0.3 is 0 Å². The molecule has 4 saturated heterocycles. The summed E-state index contributed by atoms with van der Waals surface area (Å²) in [6, 6.07) is 8.98. The van der Waals surface area contributed by atoms with Gasteiger partial charge < -0.3 is 30.3 Å². The van der Waals surface area contributed by atoms with E-state index < -0.39 is 0 Å². The Kier molecular flexibility index (Phi) is 19.7. The number of aromatic hydroxyl groups is 2. The molecule has 4 heterocycles. The first-order valence-corrected chi connectivity index (χ1v) is 32.4. The lowest BCUT2D eigenvalue weighted by atomic mass is 9.64. The third-order valence-corrected chi connectivity index (χ3v) is 20.6. The summed E-state index contributed by atoms with van der Waals surface area (Å²) in [7, 11) is 0. The van der Waals surface area contributed by atoms with Gasteiger partial charge in [-0.25, -0.2) is 0 Å². The number of phenolic OH excluding ortho intramolecular Hbond substituents is 2. The van der Waals surface area contributed by atoms with Gasteiger partial charge in [0, 0.05) is 27.7 Å². The van der Waals surface area contributed by atoms with Gasteiger partial charge in [-0.15, -0.1) is 0 Å². The number of hydrogen-bond acceptors (Lipinski definition) is 6. The molecular formula is C72H122N2O4. The summed E-state index contributed by atoms with van der Waals surface area (Å²) in [6.07, 6.45) is 26.6. The topological polar surface area (TPSA) is 83.0 Å². The van der Waals surface area contributed by atoms with Gasteiger partial charge in [0.05, 0.1) is 25.4 Å². The molecule has 0 spiro atoms. The molecule has 444 valence electrons. The summed E-state index contributed by atoms with van der Waals surface area (Å²) < 4.78 is 13.2. The standard InChI is InChI=1S/2C36H61NO2/c1-33(2,3)30-19-24(20-31(32(30)38)34(4,5)6)11-17-29-18-16-27(23-39-29)25-12-14-26(15-13-25)28-21-35(7,8)37-36(9,10)22-28;1-33(2,3)29-19-17-26(31(32(29)38)34(4,5)6)16-13-24-11-14-25(15-12-24)30-20-18-27(23-39-30)28-21-35(7,8)37-36(9,10)22-28/h19-20,25-29,37-38H,11-18,21-23H2,1-10H3;17,19,24-25,27-28,30,37-38H,11-16,18,20-23H2,1-10H3. The van der Waals surface area contributed by atoms with E-state index >= 15 is 0 Å². The van der Waals surface area contributed by atoms with Crippen LogP contribution in [0.5, 0.6) is 11.5 Å². The van der Waals surface area contributed by atoms with Crippen molar-refractivity contribution in [1.82, 2.24) is 10.6 Å². The SMILES string of the molecule is CC1(C)CC(C2CCC(C3CCC(CCc4cc(C(C)(C)C)c(O)c(C(C)(C)C)c4)OC3)CC2)CC(C)(C)N1.CC1(C)CC(C2CCC(C3CCC(CCc4ccc(C(C)(C)C)c(O)c4C(C)(C)C)CC3)OC2)CC(C)(C)N1. The monoisotopic (exact) mass is 1080 g/mol. The summed E-state index contributed by atoms with van der Waals surface area (Å²) in [4.78, 5) is 0. The Balaban J connectivity index is 0.000000226. The minimum atomic E-state index is -0.0755. The van der Waals surface area contributed by atoms with Crippen LogP contribution >= 0.6 is 0 Å². The summed E-state index contributed by atoms with van der Waals surface area (Å²) in [5, 5.41) is 30.1. The predicted molar refractivity (Wildman–Crippen MR) is 332 cm³/mol. The van der Waals surface area contributed by atoms with Gasteiger partial charge in [-0.1, -0.05) is 120 Å². The van der Waals surface area contributed by atoms with Gasteiger partial charge in [-0.3, -0.25) is 0 Å². The molecule has 6 heteroatoms. The summed E-state index contributed by atoms with van der Waals surface area (Å²) >= 11 is 0. The lowest BCUT2D eigenvalue weighted by Crippen LogP contribution is -2.59. The van der Waals surface area contributed by atoms with Crippen LogP contribution in [-0.2, 0) is 44.0 Å². The first-order chi connectivity index (χ1) is 35.9. The minimum Gasteiger partial charge on any atom is -0.507 e. The maximum absolute atomic E-state index is 11.3. The normalized spacial score (nSPS) is 30.3. The number of phenols is 2. The number of aryl methyl sites for hydroxylation is 2. The van der Waals surface area contributed by atoms with Crippen LogP contribution in [0.3, 0.4) is 0 Å². The zero-order chi connectivity index (χ0) is 57.6. The molecule has 0 amide bonds. The fourth-order valence-electron chi connectivity index (χ4n) is 17.3. The second kappa shape index (κ2) is 24.2. The van der Waals surface area contributed by atoms with Crippen molar-refractivity contribution in [1.29, 1.82) is 0 Å². The second-order valence-corrected chi connectivity index (χ2v) is 34.2. The molecule has 6 nitrogen and oxygen atoms in total. The van der Waals surface area contributed by atoms with Crippen LogP contribution < -0.4 is 10.6 Å². The van der Waals surface area contributed by atoms with E-state index in [2.05, 4.69) is 173 Å². The van der Waals surface area contributed by atoms with E-state index in [4.69, 9.17) is 9.47 Å². The molecule has 4 N–H and O–H groups in total. The van der Waals surface area contributed by atoms with Gasteiger partial charge in [0.25, 0.3) is 0 Å². The number of hydrogen-bond donors (Lipinski definition) is 4. The van der Waals surface area contributed by atoms with Crippen LogP contribution in [-0.4, -0.2) is 57.8 Å². The molecular weight excluding hydrogens is 957 g/mol. The molecule has 0 radical (unpaired) electrons. The maximum Gasteiger partial charge on any atom is 0.123 e. The van der Waals surface area contributed by atoms with Gasteiger partial charge in [0.1, 0.15) is 11.5 Å². The average molecular weight is 1080 g/mol. The van der Waals surface area contributed by atoms with Crippen molar-refractivity contribution in [3.63, 3.8) is 0 Å². The summed E-state index contributed by atoms with van der Waals surface area (Å²) in [5.74, 6) is 7.50. The Morgan fingerprint density at radius 1 is 0.436 bits per heavy atom. The fraction of sp³-hybridized carbons (Fsp3) is 0.833. The lowest BCUT2D eigenvalue weighted by molar-refractivity contribution is -0.0799. The molecule has 6 fully saturated rings. The molecule has 0 aromatic heterocycles. The molecule has 4 unspecified atom stereocenters. The third kappa shape index (κ3) is 16.8. The van der Waals surface area contributed by atoms with Gasteiger partial charge in [-0.2, -0.15) is 0 Å². The van der Waals surface area contributed by atoms with E-state index in [1.54, 1.807) is 0 Å². The van der Waals surface area contributed by atoms with Crippen molar-refractivity contribution in [2.75, 3.05) is 13.2 Å². The Morgan fingerprint density at radius 2 is 0.859 bits per heavy atom. The van der Waals surface area contributed by atoms with Crippen LogP contribution in [0.15, 0.2) is 24.3 Å². The van der Waals surface area contributed by atoms with Crippen molar-refractivity contribution < 1.29 is 19.7 Å². The van der Waals surface area contributed by atoms with Crippen molar-refractivity contribution >= 4 is 0 Å². The largest absolute Gasteiger partial charge is 0.507 e. The number of nitrogens with one attached hydrogen (secondary N) is 2. The Hall–Kier alpha value is -2.12. The molecule has 2 aromatic carbocycles. The van der Waals surface area contributed by atoms with E-state index in [-0.39, 0.29) is 43.8 Å². The highest BCUT2D eigenvalue weighted by Crippen LogP contribution is 2.48. The predicted octanol–water partition coefficient (Wildman–Crippen LogP) is 18.2. The number of rotatable bonds is 10. The van der Waals surface area contributed by atoms with Crippen molar-refractivity contribution in [3.8, 4) is 11.5 Å². The van der Waals surface area contributed by atoms with Crippen molar-refractivity contribution in [3.05, 3.63) is 57.6 Å². The third-order valence-electron chi connectivity index (χ3n) is 20.6. The fourth-order valence-corrected chi connectivity index (χ4v) is 17.3. The molecule has 2 aromatic rings. The molecule has 4 atom stereocenters. The van der Waals surface area contributed by atoms with E-state index in [0.29, 0.717) is 23.7 Å². The number of ether oxygens (including phenoxy) is 2. The Labute approximate surface area is 480 Å². The Morgan fingerprint density at radius 3 is 1.29 bits per heavy atom. The van der Waals surface area contributed by atoms with Crippen LogP contribution in [0.4, 0.5) is 0 Å². The van der Waals surface area contributed by atoms with E-state index in [1.165, 1.54) is 120 Å². The smallest absolute Gasteiger partial charge is 0.123 e. The van der Waals surface area contributed by atoms with Crippen LogP contribution in [0, 0.1) is 47.3 Å². The number of benzene rings is 2. The van der Waals surface area contributed by atoms with E-state index in [0.717, 1.165) is 102 Å². The van der Waals surface area contributed by atoms with Gasteiger partial charge in [-0.05, 0) is 268 Å². The lowest BCUT2D eigenvalue weighted by Gasteiger charge is -2.50. The summed E-state index contributed by atoms with van der Waals surface area (Å²) in [6.45, 7) is 47.5. The van der Waals surface area contributed by atoms with E-state index in [9.17, 15) is 10.2 Å². The van der Waals surface area contributed by atoms with Crippen molar-refractivity contribution in [2.45, 2.75) is 323 Å². The zero-order valence-corrected chi connectivity index (χ0v) is 54.4. The average Bonchev–Trinajstić information content (AvgIpc) is 3.35. The first kappa shape index (κ1) is 63.5. The Bertz CT molecular complexity index is 2180. The zero-order valence-electron chi connectivity index (χ0n) is 54.4. The quantitative estimate of drug-likeness (QED) is 0.190. The highest BCUT2D eigenvalue weighted by molar-refractivity contribution is 5.52. The first-order valence-electron chi connectivity index (χ1n) is 32.4. The molecule has 2 saturated carbocycles. The van der Waals surface area contributed by atoms with E-state index in [1.807, 2.05) is 0 Å². The number of piperidine rings is 2. The molecule has 4 aliphatic heterocycles. The molecule has 6 aliphatic rings. The molecule has 8 rings (SSSR count). The maximum atomic E-state index is 11.3. The molecule has 78 heavy (non-hydrogen) atoms. The van der Waals surface area contributed by atoms with Gasteiger partial charge in [0.15, 0.2) is 0 Å². The molecule has 0 bridgehead atoms. The highest BCUT2D eigenvalue weighted by atomic mass is 16.5. The van der Waals surface area contributed by atoms with Crippen LogP contribution in [0.2, 0.25) is 0 Å². The van der Waals surface area contributed by atoms with Crippen LogP contribution in [0.25, 0.3) is 0 Å². The van der Waals surface area contributed by atoms with Crippen molar-refractivity contribution in [2.24, 2.45) is 47.3 Å². The van der Waals surface area contributed by atoms with Gasteiger partial charge in [0.2, 0.25) is 0 Å². The minimum absolute atomic E-state index is 0.0526. The molecule has 2 aliphatic carbocycles.